The van der Waals surface area contributed by atoms with E-state index in [0.29, 0.717) is 17.8 Å². The molecule has 9 nitrogen and oxygen atoms in total. The van der Waals surface area contributed by atoms with Crippen molar-refractivity contribution in [3.05, 3.63) is 71.2 Å². The van der Waals surface area contributed by atoms with Crippen molar-refractivity contribution >= 4 is 11.4 Å². The third kappa shape index (κ3) is 3.25. The van der Waals surface area contributed by atoms with Gasteiger partial charge in [0.05, 0.1) is 23.2 Å². The average Bonchev–Trinajstić information content (AvgIpc) is 3.49. The Hall–Kier alpha value is -3.60. The summed E-state index contributed by atoms with van der Waals surface area (Å²) in [5.41, 5.74) is 0.371. The summed E-state index contributed by atoms with van der Waals surface area (Å²) in [7, 11) is 0. The van der Waals surface area contributed by atoms with Gasteiger partial charge in [0.25, 0.3) is 12.3 Å². The molecule has 2 N–H and O–H groups in total. The second-order valence-electron chi connectivity index (χ2n) is 8.15. The van der Waals surface area contributed by atoms with Crippen LogP contribution in [0.1, 0.15) is 65.5 Å². The molecule has 1 amide bonds. The lowest BCUT2D eigenvalue weighted by Gasteiger charge is -2.33. The highest BCUT2D eigenvalue weighted by molar-refractivity contribution is 5.93. The van der Waals surface area contributed by atoms with E-state index in [0.717, 1.165) is 11.2 Å². The standard InChI is InChI=1S/C21H20F2N6O3/c1-21(2,31)20-26-15(18(22)23)17(32-20)19(30)28-8-6-12-14(25-10-24-12)16(28)13-9-11-5-3-4-7-29(11)27-13/h3-5,7,9-10,16,18,31H,6,8H2,1-2H3,(H,24,25)/t16-/m1/s1. The molecule has 1 atom stereocenters. The summed E-state index contributed by atoms with van der Waals surface area (Å²) in [4.78, 5) is 26.1. The number of fused-ring (bicyclic) bond motifs is 2. The lowest BCUT2D eigenvalue weighted by molar-refractivity contribution is 0.0440. The van der Waals surface area contributed by atoms with E-state index in [-0.39, 0.29) is 12.4 Å². The minimum absolute atomic E-state index is 0.230. The van der Waals surface area contributed by atoms with Crippen LogP contribution in [0.15, 0.2) is 41.2 Å². The smallest absolute Gasteiger partial charge is 0.292 e. The summed E-state index contributed by atoms with van der Waals surface area (Å²) >= 11 is 0. The molecule has 4 aromatic heterocycles. The Kier molecular flexibility index (Phi) is 4.59. The fourth-order valence-corrected chi connectivity index (χ4v) is 3.91. The van der Waals surface area contributed by atoms with Crippen LogP contribution in [0, 0.1) is 0 Å². The molecule has 4 aromatic rings. The Morgan fingerprint density at radius 3 is 2.91 bits per heavy atom. The molecule has 5 rings (SSSR count). The van der Waals surface area contributed by atoms with Crippen LogP contribution >= 0.6 is 0 Å². The summed E-state index contributed by atoms with van der Waals surface area (Å²) in [5.74, 6) is -1.71. The third-order valence-corrected chi connectivity index (χ3v) is 5.43. The first kappa shape index (κ1) is 20.3. The molecule has 1 aliphatic heterocycles. The molecule has 32 heavy (non-hydrogen) atoms. The van der Waals surface area contributed by atoms with Crippen LogP contribution in [0.4, 0.5) is 8.78 Å². The number of aliphatic hydroxyl groups is 1. The van der Waals surface area contributed by atoms with Crippen LogP contribution in [0.2, 0.25) is 0 Å². The van der Waals surface area contributed by atoms with Crippen molar-refractivity contribution in [1.82, 2.24) is 29.5 Å². The molecule has 0 aromatic carbocycles. The molecule has 166 valence electrons. The van der Waals surface area contributed by atoms with Crippen molar-refractivity contribution in [1.29, 1.82) is 0 Å². The van der Waals surface area contributed by atoms with Gasteiger partial charge in [-0.3, -0.25) is 4.79 Å². The average molecular weight is 442 g/mol. The minimum atomic E-state index is -3.05. The molecule has 0 saturated carbocycles. The maximum Gasteiger partial charge on any atom is 0.292 e. The summed E-state index contributed by atoms with van der Waals surface area (Å²) in [5, 5.41) is 14.7. The summed E-state index contributed by atoms with van der Waals surface area (Å²) in [6.07, 6.45) is 0.724. The van der Waals surface area contributed by atoms with Crippen molar-refractivity contribution in [3.8, 4) is 0 Å². The summed E-state index contributed by atoms with van der Waals surface area (Å²) in [6.45, 7) is 2.92. The van der Waals surface area contributed by atoms with E-state index in [4.69, 9.17) is 4.42 Å². The number of halogens is 2. The number of aromatic amines is 1. The van der Waals surface area contributed by atoms with Crippen LogP contribution < -0.4 is 0 Å². The van der Waals surface area contributed by atoms with Gasteiger partial charge >= 0.3 is 0 Å². The fourth-order valence-electron chi connectivity index (χ4n) is 3.91. The SMILES string of the molecule is CC(C)(O)c1nc(C(F)F)c(C(=O)N2CCc3[nH]cnc3[C@H]2c2cc3ccccn3n2)o1. The van der Waals surface area contributed by atoms with Gasteiger partial charge in [0.15, 0.2) is 5.69 Å². The van der Waals surface area contributed by atoms with E-state index in [9.17, 15) is 18.7 Å². The molecule has 0 saturated heterocycles. The minimum Gasteiger partial charge on any atom is -0.432 e. The van der Waals surface area contributed by atoms with Crippen molar-refractivity contribution in [2.75, 3.05) is 6.54 Å². The number of nitrogens with zero attached hydrogens (tertiary/aromatic N) is 5. The Morgan fingerprint density at radius 1 is 1.38 bits per heavy atom. The quantitative estimate of drug-likeness (QED) is 0.503. The number of oxazole rings is 1. The van der Waals surface area contributed by atoms with Gasteiger partial charge in [0, 0.05) is 24.9 Å². The van der Waals surface area contributed by atoms with Gasteiger partial charge in [-0.1, -0.05) is 6.07 Å². The number of alkyl halides is 2. The van der Waals surface area contributed by atoms with Crippen LogP contribution in [0.25, 0.3) is 5.52 Å². The Balaban J connectivity index is 1.62. The number of carbonyl (C=O) groups excluding carboxylic acids is 1. The monoisotopic (exact) mass is 442 g/mol. The highest BCUT2D eigenvalue weighted by atomic mass is 19.3. The normalized spacial score (nSPS) is 16.7. The van der Waals surface area contributed by atoms with E-state index >= 15 is 0 Å². The number of aromatic nitrogens is 5. The largest absolute Gasteiger partial charge is 0.432 e. The molecule has 11 heteroatoms. The van der Waals surface area contributed by atoms with E-state index < -0.39 is 35.4 Å². The molecule has 0 aliphatic carbocycles. The number of imidazole rings is 1. The first-order valence-corrected chi connectivity index (χ1v) is 10.0. The predicted octanol–water partition coefficient (Wildman–Crippen LogP) is 3.00. The Bertz CT molecular complexity index is 1270. The number of H-pyrrole nitrogens is 1. The summed E-state index contributed by atoms with van der Waals surface area (Å²) < 4.78 is 34.4. The highest BCUT2D eigenvalue weighted by Gasteiger charge is 2.40. The van der Waals surface area contributed by atoms with Crippen LogP contribution in [0.5, 0.6) is 0 Å². The molecule has 0 fully saturated rings. The first-order chi connectivity index (χ1) is 15.2. The first-order valence-electron chi connectivity index (χ1n) is 10.0. The van der Waals surface area contributed by atoms with Crippen molar-refractivity contribution in [3.63, 3.8) is 0 Å². The number of hydrogen-bond acceptors (Lipinski definition) is 6. The van der Waals surface area contributed by atoms with E-state index in [1.807, 2.05) is 24.3 Å². The van der Waals surface area contributed by atoms with E-state index in [1.165, 1.54) is 25.1 Å². The molecular weight excluding hydrogens is 422 g/mol. The van der Waals surface area contributed by atoms with Crippen LogP contribution in [-0.2, 0) is 12.0 Å². The molecule has 5 heterocycles. The van der Waals surface area contributed by atoms with Crippen LogP contribution in [0.3, 0.4) is 0 Å². The molecule has 0 radical (unpaired) electrons. The van der Waals surface area contributed by atoms with Crippen LogP contribution in [-0.4, -0.2) is 47.0 Å². The van der Waals surface area contributed by atoms with Crippen molar-refractivity contribution in [2.45, 2.75) is 38.3 Å². The third-order valence-electron chi connectivity index (χ3n) is 5.43. The molecular formula is C21H20F2N6O3. The van der Waals surface area contributed by atoms with Crippen molar-refractivity contribution < 1.29 is 23.1 Å². The Morgan fingerprint density at radius 2 is 2.19 bits per heavy atom. The number of rotatable bonds is 4. The van der Waals surface area contributed by atoms with E-state index in [2.05, 4.69) is 20.1 Å². The number of hydrogen-bond donors (Lipinski definition) is 2. The molecule has 0 bridgehead atoms. The second kappa shape index (κ2) is 7.23. The maximum atomic E-state index is 13.7. The van der Waals surface area contributed by atoms with Gasteiger partial charge in [-0.25, -0.2) is 23.3 Å². The van der Waals surface area contributed by atoms with Gasteiger partial charge in [-0.15, -0.1) is 0 Å². The number of carbonyl (C=O) groups is 1. The van der Waals surface area contributed by atoms with Gasteiger partial charge in [-0.05, 0) is 32.0 Å². The molecule has 0 spiro atoms. The predicted molar refractivity (Wildman–Crippen MR) is 107 cm³/mol. The number of amides is 1. The highest BCUT2D eigenvalue weighted by Crippen LogP contribution is 2.36. The van der Waals surface area contributed by atoms with E-state index in [1.54, 1.807) is 10.7 Å². The summed E-state index contributed by atoms with van der Waals surface area (Å²) in [6, 6.07) is 6.68. The van der Waals surface area contributed by atoms with Crippen molar-refractivity contribution in [2.24, 2.45) is 0 Å². The zero-order valence-corrected chi connectivity index (χ0v) is 17.3. The maximum absolute atomic E-state index is 13.7. The van der Waals surface area contributed by atoms with Gasteiger partial charge in [0.1, 0.15) is 11.6 Å². The zero-order valence-electron chi connectivity index (χ0n) is 17.3. The van der Waals surface area contributed by atoms with Gasteiger partial charge in [0.2, 0.25) is 11.7 Å². The Labute approximate surface area is 180 Å². The lowest BCUT2D eigenvalue weighted by Crippen LogP contribution is -2.41. The lowest BCUT2D eigenvalue weighted by atomic mass is 9.99. The fraction of sp³-hybridized carbons (Fsp3) is 0.333. The zero-order chi connectivity index (χ0) is 22.6. The molecule has 0 unspecified atom stereocenters. The number of nitrogens with one attached hydrogen (secondary N) is 1. The second-order valence-corrected chi connectivity index (χ2v) is 8.15. The van der Waals surface area contributed by atoms with Gasteiger partial charge in [-0.2, -0.15) is 5.10 Å². The topological polar surface area (TPSA) is 113 Å². The van der Waals surface area contributed by atoms with Gasteiger partial charge < -0.3 is 19.4 Å². The number of pyridine rings is 1. The molecule has 1 aliphatic rings.